The molecule has 0 radical (unpaired) electrons. The van der Waals surface area contributed by atoms with Crippen molar-refractivity contribution in [2.24, 2.45) is 0 Å². The first-order chi connectivity index (χ1) is 34.2. The van der Waals surface area contributed by atoms with Gasteiger partial charge >= 0.3 is 5.97 Å². The molecule has 2 aliphatic heterocycles. The van der Waals surface area contributed by atoms with Gasteiger partial charge in [0.15, 0.2) is 29.8 Å². The number of benzene rings is 4. The maximum Gasteiger partial charge on any atom is 0.341 e. The van der Waals surface area contributed by atoms with Gasteiger partial charge < -0.3 is 54.5 Å². The topological polar surface area (TPSA) is 205 Å². The Hall–Kier alpha value is -4.01. The first-order valence-corrected chi connectivity index (χ1v) is 31.1. The predicted octanol–water partition coefficient (Wildman–Crippen LogP) is 8.59. The molecule has 4 aromatic rings. The van der Waals surface area contributed by atoms with Gasteiger partial charge in [-0.3, -0.25) is 14.4 Å². The van der Waals surface area contributed by atoms with Crippen molar-refractivity contribution in [2.75, 3.05) is 39.4 Å². The van der Waals surface area contributed by atoms with E-state index in [4.69, 9.17) is 23.4 Å². The Morgan fingerprint density at radius 3 is 1.29 bits per heavy atom. The average Bonchev–Trinajstić information content (AvgIpc) is 3.93. The van der Waals surface area contributed by atoms with E-state index in [-0.39, 0.29) is 120 Å². The van der Waals surface area contributed by atoms with Crippen molar-refractivity contribution in [3.05, 3.63) is 130 Å². The Balaban J connectivity index is 0.00000121. The van der Waals surface area contributed by atoms with Crippen molar-refractivity contribution in [1.29, 1.82) is 0 Å². The molecule has 0 unspecified atom stereocenters. The highest BCUT2D eigenvalue weighted by atomic mass is 32.1. The molecule has 77 heavy (non-hydrogen) atoms. The Kier molecular flexibility index (Phi) is 31.8. The number of carbonyl (C=O) groups is 4. The van der Waals surface area contributed by atoms with E-state index in [0.717, 1.165) is 30.5 Å². The SMILES string of the molecule is CC(C)(C)[Si](C)(C)O[C@H]1CNC[C@@H]1O.CCc1ccc(C(=O)NCc2ccc(OCC(=O)N3C[C@H](O[Si](C)(C)C(C)(C)C)[C@@H](O)C3)cc2)cc1.CCc1ccc(C(=O)NCc2ccc(OCC(=O)O)cc2)cc1.S.S.S.S. The summed E-state index contributed by atoms with van der Waals surface area (Å²) in [4.78, 5) is 49.1. The number of ether oxygens (including phenoxy) is 2. The van der Waals surface area contributed by atoms with Gasteiger partial charge in [-0.2, -0.15) is 54.0 Å². The molecule has 4 atom stereocenters. The lowest BCUT2D eigenvalue weighted by Crippen LogP contribution is -2.47. The molecule has 15 nitrogen and oxygen atoms in total. The number of hydrogen-bond donors (Lipinski definition) is 6. The van der Waals surface area contributed by atoms with Crippen molar-refractivity contribution in [2.45, 2.75) is 142 Å². The third kappa shape index (κ3) is 23.7. The second kappa shape index (κ2) is 33.6. The van der Waals surface area contributed by atoms with E-state index in [1.165, 1.54) is 11.1 Å². The van der Waals surface area contributed by atoms with Crippen LogP contribution in [-0.2, 0) is 44.4 Å². The summed E-state index contributed by atoms with van der Waals surface area (Å²) >= 11 is 0. The highest BCUT2D eigenvalue weighted by Gasteiger charge is 2.44. The van der Waals surface area contributed by atoms with Crippen LogP contribution in [0.3, 0.4) is 0 Å². The lowest BCUT2D eigenvalue weighted by atomic mass is 10.1. The van der Waals surface area contributed by atoms with Gasteiger partial charge in [-0.15, -0.1) is 0 Å². The fourth-order valence-corrected chi connectivity index (χ4v) is 9.78. The third-order valence-corrected chi connectivity index (χ3v) is 23.0. The number of aryl methyl sites for hydroxylation is 2. The fraction of sp³-hybridized carbons (Fsp3) is 0.500. The maximum atomic E-state index is 12.7. The molecule has 0 spiro atoms. The highest BCUT2D eigenvalue weighted by Crippen LogP contribution is 2.39. The average molecular weight is 1180 g/mol. The van der Waals surface area contributed by atoms with Gasteiger partial charge in [0.2, 0.25) is 0 Å². The lowest BCUT2D eigenvalue weighted by molar-refractivity contribution is -0.139. The van der Waals surface area contributed by atoms with Crippen LogP contribution in [0.4, 0.5) is 0 Å². The van der Waals surface area contributed by atoms with Crippen LogP contribution in [0.2, 0.25) is 36.3 Å². The van der Waals surface area contributed by atoms with Gasteiger partial charge in [-0.25, -0.2) is 4.79 Å². The number of nitrogens with zero attached hydrogens (tertiary/aromatic N) is 1. The molecule has 3 amide bonds. The van der Waals surface area contributed by atoms with Crippen LogP contribution >= 0.6 is 54.0 Å². The molecule has 21 heteroatoms. The fourth-order valence-electron chi connectivity index (χ4n) is 7.09. The molecule has 2 aliphatic rings. The van der Waals surface area contributed by atoms with Crippen molar-refractivity contribution in [3.8, 4) is 11.5 Å². The van der Waals surface area contributed by atoms with Crippen molar-refractivity contribution >= 4 is 94.3 Å². The van der Waals surface area contributed by atoms with Gasteiger partial charge in [0.1, 0.15) is 11.5 Å². The van der Waals surface area contributed by atoms with E-state index >= 15 is 0 Å². The van der Waals surface area contributed by atoms with Crippen LogP contribution in [-0.4, -0.2) is 124 Å². The lowest BCUT2D eigenvalue weighted by Gasteiger charge is -2.38. The molecule has 2 saturated heterocycles. The van der Waals surface area contributed by atoms with Gasteiger partial charge in [0.25, 0.3) is 17.7 Å². The Morgan fingerprint density at radius 1 is 0.558 bits per heavy atom. The van der Waals surface area contributed by atoms with Crippen LogP contribution < -0.4 is 25.4 Å². The molecule has 0 aromatic heterocycles. The summed E-state index contributed by atoms with van der Waals surface area (Å²) in [5, 5.41) is 37.8. The number of β-amino-alcohol motifs (C(OH)–C–C–N with tert-alkyl or cyclic N) is 2. The summed E-state index contributed by atoms with van der Waals surface area (Å²) in [6, 6.07) is 29.4. The zero-order valence-electron chi connectivity index (χ0n) is 47.2. The molecule has 4 aromatic carbocycles. The minimum Gasteiger partial charge on any atom is -0.484 e. The van der Waals surface area contributed by atoms with Crippen LogP contribution in [0.15, 0.2) is 97.1 Å². The number of carbonyl (C=O) groups excluding carboxylic acids is 3. The van der Waals surface area contributed by atoms with E-state index in [2.05, 4.69) is 97.5 Å². The van der Waals surface area contributed by atoms with Crippen LogP contribution in [0.5, 0.6) is 11.5 Å². The van der Waals surface area contributed by atoms with Gasteiger partial charge in [0.05, 0.1) is 24.4 Å². The summed E-state index contributed by atoms with van der Waals surface area (Å²) in [6.45, 7) is 28.4. The largest absolute Gasteiger partial charge is 0.484 e. The number of aliphatic hydroxyl groups excluding tert-OH is 2. The van der Waals surface area contributed by atoms with Crippen molar-refractivity contribution in [1.82, 2.24) is 20.9 Å². The van der Waals surface area contributed by atoms with E-state index in [1.54, 1.807) is 41.3 Å². The van der Waals surface area contributed by atoms with E-state index in [0.29, 0.717) is 48.8 Å². The second-order valence-corrected chi connectivity index (χ2v) is 31.2. The number of rotatable bonds is 18. The van der Waals surface area contributed by atoms with E-state index < -0.39 is 28.7 Å². The second-order valence-electron chi connectivity index (χ2n) is 21.7. The van der Waals surface area contributed by atoms with Gasteiger partial charge in [0, 0.05) is 50.4 Å². The van der Waals surface area contributed by atoms with Crippen LogP contribution in [0.1, 0.15) is 98.4 Å². The molecule has 2 heterocycles. The monoisotopic (exact) mass is 1180 g/mol. The normalized spacial score (nSPS) is 16.9. The molecular formula is C56H90N4O11S4Si2. The molecule has 2 fully saturated rings. The standard InChI is InChI=1S/C28H40N2O5Si.C18H19NO4.C10H23NO2Si.4H2S/c1-7-20-8-12-22(13-9-20)27(33)29-16-21-10-14-23(15-11-21)34-19-26(32)30-17-24(31)25(18-30)35-36(5,6)28(2,3)4;1-2-13-3-7-15(8-4-13)18(22)19-11-14-5-9-16(10-6-14)23-12-17(20)21;1-10(2,3)14(4,5)13-9-7-11-6-8(9)12;;;;/h8-15,24-25,31H,7,16-19H2,1-6H3,(H,29,33);3-10H,2,11-12H2,1H3,(H,19,22)(H,20,21);8-9,11-12H,6-7H2,1-5H3;4*1H2/t24-,25-;;8-,9-;;;;/m0.0..../s1. The molecule has 0 saturated carbocycles. The highest BCUT2D eigenvalue weighted by molar-refractivity contribution is 7.59. The number of carboxylic acid groups (broad SMARTS) is 1. The number of carboxylic acids is 1. The summed E-state index contributed by atoms with van der Waals surface area (Å²) in [5.41, 5.74) is 5.49. The molecule has 6 N–H and O–H groups in total. The Bertz CT molecular complexity index is 2390. The zero-order chi connectivity index (χ0) is 54.1. The summed E-state index contributed by atoms with van der Waals surface area (Å²) < 4.78 is 23.2. The number of aliphatic carboxylic acids is 1. The summed E-state index contributed by atoms with van der Waals surface area (Å²) in [6.07, 6.45) is 0.489. The Labute approximate surface area is 488 Å². The van der Waals surface area contributed by atoms with Crippen molar-refractivity contribution in [3.63, 3.8) is 0 Å². The molecule has 0 bridgehead atoms. The molecule has 0 aliphatic carbocycles. The van der Waals surface area contributed by atoms with Gasteiger partial charge in [-0.1, -0.05) is 104 Å². The first kappa shape index (κ1) is 73.0. The van der Waals surface area contributed by atoms with Crippen molar-refractivity contribution < 1.29 is 52.8 Å². The van der Waals surface area contributed by atoms with E-state index in [9.17, 15) is 29.4 Å². The van der Waals surface area contributed by atoms with E-state index in [1.807, 2.05) is 60.7 Å². The smallest absolute Gasteiger partial charge is 0.341 e. The summed E-state index contributed by atoms with van der Waals surface area (Å²) in [5.74, 6) is -0.387. The molecule has 432 valence electrons. The minimum atomic E-state index is -2.05. The quantitative estimate of drug-likeness (QED) is 0.0519. The first-order valence-electron chi connectivity index (χ1n) is 25.3. The number of aliphatic hydroxyl groups is 2. The number of hydrogen-bond acceptors (Lipinski definition) is 11. The number of amides is 3. The van der Waals surface area contributed by atoms with Crippen LogP contribution in [0.25, 0.3) is 0 Å². The minimum absolute atomic E-state index is 0. The maximum absolute atomic E-state index is 12.7. The number of nitrogens with one attached hydrogen (secondary N) is 3. The molecule has 6 rings (SSSR count). The Morgan fingerprint density at radius 2 is 0.935 bits per heavy atom. The number of likely N-dealkylation sites (tertiary alicyclic amines) is 1. The predicted molar refractivity (Wildman–Crippen MR) is 333 cm³/mol. The van der Waals surface area contributed by atoms with Crippen LogP contribution in [0, 0.1) is 0 Å². The molecular weight excluding hydrogens is 1090 g/mol. The third-order valence-electron chi connectivity index (χ3n) is 13.9. The van der Waals surface area contributed by atoms with Gasteiger partial charge in [-0.05, 0) is 120 Å². The zero-order valence-corrected chi connectivity index (χ0v) is 53.2. The summed E-state index contributed by atoms with van der Waals surface area (Å²) in [7, 11) is -3.76.